The van der Waals surface area contributed by atoms with E-state index in [0.29, 0.717) is 12.3 Å². The van der Waals surface area contributed by atoms with Crippen molar-refractivity contribution < 1.29 is 13.5 Å². The Balaban J connectivity index is 1.58. The van der Waals surface area contributed by atoms with Gasteiger partial charge in [0.25, 0.3) is 0 Å². The SMILES string of the molecule is O=S1(=O)CC(N2CCN(CCO)CC2)CN1C1CCCC1. The van der Waals surface area contributed by atoms with Crippen LogP contribution in [0.1, 0.15) is 25.7 Å². The highest BCUT2D eigenvalue weighted by Crippen LogP contribution is 2.30. The van der Waals surface area contributed by atoms with Gasteiger partial charge in [-0.2, -0.15) is 4.31 Å². The van der Waals surface area contributed by atoms with Crippen LogP contribution in [0.2, 0.25) is 0 Å². The molecular formula is C14H27N3O3S. The fraction of sp³-hybridized carbons (Fsp3) is 1.00. The van der Waals surface area contributed by atoms with Crippen molar-refractivity contribution in [2.75, 3.05) is 51.6 Å². The van der Waals surface area contributed by atoms with Gasteiger partial charge in [0, 0.05) is 51.4 Å². The first-order valence-corrected chi connectivity index (χ1v) is 9.78. The molecule has 1 aliphatic carbocycles. The third kappa shape index (κ3) is 3.42. The number of aliphatic hydroxyl groups excluding tert-OH is 1. The normalized spacial score (nSPS) is 32.9. The third-order valence-corrected chi connectivity index (χ3v) is 7.19. The predicted octanol–water partition coefficient (Wildman–Crippen LogP) is -0.447. The van der Waals surface area contributed by atoms with Gasteiger partial charge < -0.3 is 5.11 Å². The Bertz CT molecular complexity index is 442. The van der Waals surface area contributed by atoms with Crippen molar-refractivity contribution in [1.82, 2.24) is 14.1 Å². The Labute approximate surface area is 127 Å². The molecule has 2 aliphatic heterocycles. The number of nitrogens with zero attached hydrogens (tertiary/aromatic N) is 3. The first-order valence-electron chi connectivity index (χ1n) is 8.17. The molecule has 122 valence electrons. The highest BCUT2D eigenvalue weighted by Gasteiger charge is 2.43. The van der Waals surface area contributed by atoms with Crippen LogP contribution in [0.15, 0.2) is 0 Å². The molecule has 3 fully saturated rings. The molecule has 1 N–H and O–H groups in total. The molecule has 7 heteroatoms. The molecule has 3 rings (SSSR count). The summed E-state index contributed by atoms with van der Waals surface area (Å²) >= 11 is 0. The van der Waals surface area contributed by atoms with Gasteiger partial charge in [0.1, 0.15) is 0 Å². The molecule has 1 unspecified atom stereocenters. The topological polar surface area (TPSA) is 64.1 Å². The highest BCUT2D eigenvalue weighted by molar-refractivity contribution is 7.89. The van der Waals surface area contributed by atoms with Gasteiger partial charge in [0.15, 0.2) is 0 Å². The van der Waals surface area contributed by atoms with Crippen molar-refractivity contribution in [3.8, 4) is 0 Å². The minimum absolute atomic E-state index is 0.159. The summed E-state index contributed by atoms with van der Waals surface area (Å²) in [7, 11) is -3.05. The van der Waals surface area contributed by atoms with E-state index in [1.54, 1.807) is 4.31 Å². The van der Waals surface area contributed by atoms with E-state index in [-0.39, 0.29) is 18.7 Å². The number of β-amino-alcohol motifs (C(OH)–C–C–N with tert-alkyl or cyclic N) is 1. The summed E-state index contributed by atoms with van der Waals surface area (Å²) < 4.78 is 26.6. The van der Waals surface area contributed by atoms with Gasteiger partial charge >= 0.3 is 0 Å². The van der Waals surface area contributed by atoms with E-state index in [0.717, 1.165) is 45.6 Å². The fourth-order valence-electron chi connectivity index (χ4n) is 4.00. The maximum atomic E-state index is 12.4. The van der Waals surface area contributed by atoms with E-state index in [1.165, 1.54) is 12.8 Å². The summed E-state index contributed by atoms with van der Waals surface area (Å²) in [6.45, 7) is 5.31. The molecule has 3 aliphatic rings. The Morgan fingerprint density at radius 1 is 1.00 bits per heavy atom. The third-order valence-electron chi connectivity index (χ3n) is 5.22. The van der Waals surface area contributed by atoms with Gasteiger partial charge in [0.2, 0.25) is 10.0 Å². The zero-order valence-electron chi connectivity index (χ0n) is 12.7. The lowest BCUT2D eigenvalue weighted by molar-refractivity contribution is 0.0863. The minimum Gasteiger partial charge on any atom is -0.395 e. The number of aliphatic hydroxyl groups is 1. The molecular weight excluding hydrogens is 290 g/mol. The number of sulfonamides is 1. The van der Waals surface area contributed by atoms with E-state index in [4.69, 9.17) is 5.11 Å². The lowest BCUT2D eigenvalue weighted by Gasteiger charge is -2.37. The van der Waals surface area contributed by atoms with Crippen LogP contribution in [-0.4, -0.2) is 91.3 Å². The van der Waals surface area contributed by atoms with Gasteiger partial charge in [-0.25, -0.2) is 8.42 Å². The van der Waals surface area contributed by atoms with Crippen LogP contribution >= 0.6 is 0 Å². The van der Waals surface area contributed by atoms with E-state index < -0.39 is 10.0 Å². The van der Waals surface area contributed by atoms with Crippen molar-refractivity contribution in [1.29, 1.82) is 0 Å². The van der Waals surface area contributed by atoms with Gasteiger partial charge in [-0.15, -0.1) is 0 Å². The monoisotopic (exact) mass is 317 g/mol. The molecule has 2 saturated heterocycles. The largest absolute Gasteiger partial charge is 0.395 e. The van der Waals surface area contributed by atoms with Gasteiger partial charge in [-0.3, -0.25) is 9.80 Å². The van der Waals surface area contributed by atoms with Crippen LogP contribution in [0, 0.1) is 0 Å². The number of hydrogen-bond donors (Lipinski definition) is 1. The Kier molecular flexibility index (Phi) is 4.85. The molecule has 0 radical (unpaired) electrons. The molecule has 0 spiro atoms. The lowest BCUT2D eigenvalue weighted by atomic mass is 10.2. The van der Waals surface area contributed by atoms with Gasteiger partial charge in [-0.05, 0) is 12.8 Å². The Hall–Kier alpha value is -0.210. The van der Waals surface area contributed by atoms with Gasteiger partial charge in [-0.1, -0.05) is 12.8 Å². The Morgan fingerprint density at radius 3 is 2.29 bits per heavy atom. The molecule has 1 saturated carbocycles. The van der Waals surface area contributed by atoms with E-state index >= 15 is 0 Å². The van der Waals surface area contributed by atoms with Crippen LogP contribution in [0.25, 0.3) is 0 Å². The van der Waals surface area contributed by atoms with Crippen molar-refractivity contribution in [3.05, 3.63) is 0 Å². The summed E-state index contributed by atoms with van der Waals surface area (Å²) in [4.78, 5) is 4.58. The molecule has 0 amide bonds. The number of hydrogen-bond acceptors (Lipinski definition) is 5. The van der Waals surface area contributed by atoms with Crippen molar-refractivity contribution in [2.45, 2.75) is 37.8 Å². The Morgan fingerprint density at radius 2 is 1.67 bits per heavy atom. The van der Waals surface area contributed by atoms with E-state index in [1.807, 2.05) is 0 Å². The first kappa shape index (κ1) is 15.7. The molecule has 0 aromatic heterocycles. The predicted molar refractivity (Wildman–Crippen MR) is 81.6 cm³/mol. The van der Waals surface area contributed by atoms with Crippen molar-refractivity contribution in [2.24, 2.45) is 0 Å². The molecule has 0 bridgehead atoms. The minimum atomic E-state index is -3.05. The molecule has 21 heavy (non-hydrogen) atoms. The zero-order valence-corrected chi connectivity index (χ0v) is 13.5. The summed E-state index contributed by atoms with van der Waals surface area (Å²) in [5, 5.41) is 8.98. The fourth-order valence-corrected chi connectivity index (χ4v) is 6.05. The maximum absolute atomic E-state index is 12.4. The quantitative estimate of drug-likeness (QED) is 0.761. The second-order valence-electron chi connectivity index (χ2n) is 6.54. The van der Waals surface area contributed by atoms with E-state index in [9.17, 15) is 8.42 Å². The molecule has 6 nitrogen and oxygen atoms in total. The second kappa shape index (κ2) is 6.50. The average Bonchev–Trinajstić information content (AvgIpc) is 3.07. The summed E-state index contributed by atoms with van der Waals surface area (Å²) in [6, 6.07) is 0.419. The highest BCUT2D eigenvalue weighted by atomic mass is 32.2. The second-order valence-corrected chi connectivity index (χ2v) is 8.51. The van der Waals surface area contributed by atoms with Crippen molar-refractivity contribution >= 4 is 10.0 Å². The van der Waals surface area contributed by atoms with Crippen LogP contribution in [0.5, 0.6) is 0 Å². The van der Waals surface area contributed by atoms with Gasteiger partial charge in [0.05, 0.1) is 12.4 Å². The molecule has 0 aromatic carbocycles. The number of rotatable bonds is 4. The van der Waals surface area contributed by atoms with Crippen LogP contribution < -0.4 is 0 Å². The molecule has 1 atom stereocenters. The maximum Gasteiger partial charge on any atom is 0.216 e. The van der Waals surface area contributed by atoms with Crippen LogP contribution in [0.4, 0.5) is 0 Å². The van der Waals surface area contributed by atoms with E-state index in [2.05, 4.69) is 9.80 Å². The summed E-state index contributed by atoms with van der Waals surface area (Å²) in [6.07, 6.45) is 4.41. The van der Waals surface area contributed by atoms with Crippen LogP contribution in [0.3, 0.4) is 0 Å². The smallest absolute Gasteiger partial charge is 0.216 e. The summed E-state index contributed by atoms with van der Waals surface area (Å²) in [5.74, 6) is 0.295. The molecule has 0 aromatic rings. The van der Waals surface area contributed by atoms with Crippen molar-refractivity contribution in [3.63, 3.8) is 0 Å². The summed E-state index contributed by atoms with van der Waals surface area (Å²) in [5.41, 5.74) is 0. The zero-order chi connectivity index (χ0) is 14.9. The van der Waals surface area contributed by atoms with Crippen LogP contribution in [-0.2, 0) is 10.0 Å². The number of piperazine rings is 1. The first-order chi connectivity index (χ1) is 10.1. The standard InChI is InChI=1S/C14H27N3O3S/c18-10-9-15-5-7-16(8-6-15)14-11-17(21(19,20)12-14)13-3-1-2-4-13/h13-14,18H,1-12H2. The lowest BCUT2D eigenvalue weighted by Crippen LogP contribution is -2.52. The molecule has 2 heterocycles. The average molecular weight is 317 g/mol.